The van der Waals surface area contributed by atoms with Gasteiger partial charge in [0.2, 0.25) is 0 Å². The van der Waals surface area contributed by atoms with E-state index in [0.29, 0.717) is 16.3 Å². The molecule has 0 bridgehead atoms. The maximum absolute atomic E-state index is 11.4. The van der Waals surface area contributed by atoms with Crippen LogP contribution in [0.3, 0.4) is 0 Å². The zero-order valence-electron chi connectivity index (χ0n) is 7.86. The molecule has 0 saturated heterocycles. The molecule has 0 aliphatic heterocycles. The SMILES string of the molecule is Cl.O=c1[nH]cc(-c2ccc(Cl)nc2)c(=O)[nH]1. The number of nitrogens with zero attached hydrogens (tertiary/aromatic N) is 1. The molecule has 2 N–H and O–H groups in total. The number of hydrogen-bond donors (Lipinski definition) is 2. The molecule has 0 aromatic carbocycles. The summed E-state index contributed by atoms with van der Waals surface area (Å²) < 4.78 is 0. The Balaban J connectivity index is 0.00000128. The largest absolute Gasteiger partial charge is 0.325 e. The van der Waals surface area contributed by atoms with Gasteiger partial charge in [0.25, 0.3) is 5.56 Å². The number of rotatable bonds is 1. The summed E-state index contributed by atoms with van der Waals surface area (Å²) in [6.45, 7) is 0. The first kappa shape index (κ1) is 12.5. The Morgan fingerprint density at radius 1 is 1.25 bits per heavy atom. The van der Waals surface area contributed by atoms with Crippen LogP contribution >= 0.6 is 24.0 Å². The third-order valence-electron chi connectivity index (χ3n) is 1.86. The summed E-state index contributed by atoms with van der Waals surface area (Å²) in [6.07, 6.45) is 2.80. The third-order valence-corrected chi connectivity index (χ3v) is 2.08. The van der Waals surface area contributed by atoms with Gasteiger partial charge >= 0.3 is 5.69 Å². The van der Waals surface area contributed by atoms with Crippen molar-refractivity contribution in [1.82, 2.24) is 15.0 Å². The standard InChI is InChI=1S/C9H6ClN3O2.ClH/c10-7-2-1-5(3-11-7)6-4-12-9(15)13-8(6)14;/h1-4H,(H2,12,13,14,15);1H. The van der Waals surface area contributed by atoms with Gasteiger partial charge in [-0.1, -0.05) is 11.6 Å². The lowest BCUT2D eigenvalue weighted by Crippen LogP contribution is -2.22. The van der Waals surface area contributed by atoms with E-state index in [9.17, 15) is 9.59 Å². The molecule has 7 heteroatoms. The Labute approximate surface area is 101 Å². The zero-order chi connectivity index (χ0) is 10.8. The molecule has 0 aliphatic rings. The van der Waals surface area contributed by atoms with Crippen molar-refractivity contribution < 1.29 is 0 Å². The van der Waals surface area contributed by atoms with E-state index in [2.05, 4.69) is 15.0 Å². The molecule has 0 amide bonds. The Morgan fingerprint density at radius 3 is 2.56 bits per heavy atom. The van der Waals surface area contributed by atoms with E-state index in [1.165, 1.54) is 12.4 Å². The normalized spacial score (nSPS) is 9.56. The highest BCUT2D eigenvalue weighted by atomic mass is 35.5. The summed E-state index contributed by atoms with van der Waals surface area (Å²) in [7, 11) is 0. The van der Waals surface area contributed by atoms with Gasteiger partial charge in [-0.3, -0.25) is 9.78 Å². The molecule has 0 atom stereocenters. The topological polar surface area (TPSA) is 78.6 Å². The van der Waals surface area contributed by atoms with Crippen LogP contribution in [0.1, 0.15) is 0 Å². The van der Waals surface area contributed by atoms with Gasteiger partial charge in [-0.05, 0) is 12.1 Å². The quantitative estimate of drug-likeness (QED) is 0.756. The molecular formula is C9H7Cl2N3O2. The van der Waals surface area contributed by atoms with Crippen LogP contribution < -0.4 is 11.2 Å². The summed E-state index contributed by atoms with van der Waals surface area (Å²) in [4.78, 5) is 30.5. The molecule has 2 aromatic heterocycles. The van der Waals surface area contributed by atoms with E-state index in [4.69, 9.17) is 11.6 Å². The van der Waals surface area contributed by atoms with E-state index in [-0.39, 0.29) is 12.4 Å². The predicted molar refractivity (Wildman–Crippen MR) is 63.2 cm³/mol. The Bertz CT molecular complexity index is 589. The van der Waals surface area contributed by atoms with Crippen LogP contribution in [0.15, 0.2) is 34.1 Å². The van der Waals surface area contributed by atoms with Crippen LogP contribution in [-0.4, -0.2) is 15.0 Å². The van der Waals surface area contributed by atoms with Crippen molar-refractivity contribution >= 4 is 24.0 Å². The number of pyridine rings is 1. The smallest absolute Gasteiger partial charge is 0.313 e. The van der Waals surface area contributed by atoms with Crippen molar-refractivity contribution in [1.29, 1.82) is 0 Å². The summed E-state index contributed by atoms with van der Waals surface area (Å²) in [5.41, 5.74) is -0.0517. The Kier molecular flexibility index (Phi) is 3.87. The fraction of sp³-hybridized carbons (Fsp3) is 0. The van der Waals surface area contributed by atoms with Crippen LogP contribution in [-0.2, 0) is 0 Å². The van der Waals surface area contributed by atoms with Crippen molar-refractivity contribution in [2.45, 2.75) is 0 Å². The monoisotopic (exact) mass is 259 g/mol. The molecule has 2 rings (SSSR count). The zero-order valence-corrected chi connectivity index (χ0v) is 9.43. The Hall–Kier alpha value is -1.59. The molecule has 2 heterocycles. The molecule has 0 aliphatic carbocycles. The fourth-order valence-electron chi connectivity index (χ4n) is 1.16. The van der Waals surface area contributed by atoms with Gasteiger partial charge in [-0.25, -0.2) is 9.78 Å². The van der Waals surface area contributed by atoms with Crippen molar-refractivity contribution in [2.24, 2.45) is 0 Å². The maximum atomic E-state index is 11.4. The van der Waals surface area contributed by atoms with Gasteiger partial charge in [-0.15, -0.1) is 12.4 Å². The van der Waals surface area contributed by atoms with Gasteiger partial charge in [0.05, 0.1) is 5.56 Å². The second-order valence-corrected chi connectivity index (χ2v) is 3.24. The van der Waals surface area contributed by atoms with Crippen molar-refractivity contribution in [3.05, 3.63) is 50.5 Å². The van der Waals surface area contributed by atoms with Crippen LogP contribution in [0.25, 0.3) is 11.1 Å². The molecule has 0 fully saturated rings. The Morgan fingerprint density at radius 2 is 2.00 bits per heavy atom. The first-order valence-electron chi connectivity index (χ1n) is 4.11. The van der Waals surface area contributed by atoms with Crippen molar-refractivity contribution in [3.63, 3.8) is 0 Å². The minimum atomic E-state index is -0.536. The lowest BCUT2D eigenvalue weighted by atomic mass is 10.1. The van der Waals surface area contributed by atoms with Gasteiger partial charge in [0.1, 0.15) is 5.15 Å². The molecule has 0 spiro atoms. The summed E-state index contributed by atoms with van der Waals surface area (Å²) in [5, 5.41) is 0.347. The summed E-state index contributed by atoms with van der Waals surface area (Å²) in [5.74, 6) is 0. The van der Waals surface area contributed by atoms with E-state index < -0.39 is 11.2 Å². The lowest BCUT2D eigenvalue weighted by Gasteiger charge is -1.98. The maximum Gasteiger partial charge on any atom is 0.325 e. The highest BCUT2D eigenvalue weighted by molar-refractivity contribution is 6.29. The van der Waals surface area contributed by atoms with Crippen LogP contribution in [0.4, 0.5) is 0 Å². The second-order valence-electron chi connectivity index (χ2n) is 2.86. The van der Waals surface area contributed by atoms with E-state index in [1.807, 2.05) is 0 Å². The van der Waals surface area contributed by atoms with Crippen molar-refractivity contribution in [2.75, 3.05) is 0 Å². The molecule has 2 aromatic rings. The highest BCUT2D eigenvalue weighted by Crippen LogP contribution is 2.13. The summed E-state index contributed by atoms with van der Waals surface area (Å²) >= 11 is 5.61. The number of nitrogens with one attached hydrogen (secondary N) is 2. The van der Waals surface area contributed by atoms with Gasteiger partial charge in [0, 0.05) is 18.0 Å². The molecule has 0 unspecified atom stereocenters. The van der Waals surface area contributed by atoms with Crippen LogP contribution in [0, 0.1) is 0 Å². The minimum absolute atomic E-state index is 0. The van der Waals surface area contributed by atoms with Crippen molar-refractivity contribution in [3.8, 4) is 11.1 Å². The van der Waals surface area contributed by atoms with Gasteiger partial charge < -0.3 is 4.98 Å². The summed E-state index contributed by atoms with van der Waals surface area (Å²) in [6, 6.07) is 3.22. The fourth-order valence-corrected chi connectivity index (χ4v) is 1.27. The van der Waals surface area contributed by atoms with E-state index >= 15 is 0 Å². The average molecular weight is 260 g/mol. The van der Waals surface area contributed by atoms with Crippen LogP contribution in [0.5, 0.6) is 0 Å². The van der Waals surface area contributed by atoms with E-state index in [0.717, 1.165) is 0 Å². The molecule has 0 saturated carbocycles. The lowest BCUT2D eigenvalue weighted by molar-refractivity contribution is 1.04. The predicted octanol–water partition coefficient (Wildman–Crippen LogP) is 1.20. The van der Waals surface area contributed by atoms with Gasteiger partial charge in [-0.2, -0.15) is 0 Å². The molecule has 0 radical (unpaired) electrons. The number of aromatic nitrogens is 3. The third kappa shape index (κ3) is 2.50. The molecule has 16 heavy (non-hydrogen) atoms. The number of H-pyrrole nitrogens is 2. The number of hydrogen-bond acceptors (Lipinski definition) is 3. The number of halogens is 2. The molecular weight excluding hydrogens is 253 g/mol. The van der Waals surface area contributed by atoms with Crippen LogP contribution in [0.2, 0.25) is 5.15 Å². The molecule has 5 nitrogen and oxygen atoms in total. The number of aromatic amines is 2. The van der Waals surface area contributed by atoms with Gasteiger partial charge in [0.15, 0.2) is 0 Å². The second kappa shape index (κ2) is 4.96. The van der Waals surface area contributed by atoms with E-state index in [1.54, 1.807) is 12.1 Å². The first-order chi connectivity index (χ1) is 7.16. The minimum Gasteiger partial charge on any atom is -0.313 e. The molecule has 84 valence electrons. The highest BCUT2D eigenvalue weighted by Gasteiger charge is 2.03. The average Bonchev–Trinajstić information content (AvgIpc) is 2.20. The first-order valence-corrected chi connectivity index (χ1v) is 4.48.